The van der Waals surface area contributed by atoms with Gasteiger partial charge in [-0.15, -0.1) is 0 Å². The van der Waals surface area contributed by atoms with Gasteiger partial charge in [0.2, 0.25) is 23.6 Å². The number of benzene rings is 4. The number of rotatable bonds is 11. The van der Waals surface area contributed by atoms with E-state index in [1.807, 2.05) is 42.7 Å². The lowest BCUT2D eigenvalue weighted by molar-refractivity contribution is -0.138. The van der Waals surface area contributed by atoms with Gasteiger partial charge in [-0.3, -0.25) is 49.2 Å². The van der Waals surface area contributed by atoms with E-state index < -0.39 is 23.9 Å². The second kappa shape index (κ2) is 18.6. The Balaban J connectivity index is 0.786. The summed E-state index contributed by atoms with van der Waals surface area (Å²) in [7, 11) is 0. The second-order valence-corrected chi connectivity index (χ2v) is 21.7. The molecule has 16 nitrogen and oxygen atoms in total. The molecule has 8 aromatic rings. The van der Waals surface area contributed by atoms with Gasteiger partial charge >= 0.3 is 0 Å². The molecule has 0 aliphatic carbocycles. The van der Waals surface area contributed by atoms with Crippen molar-refractivity contribution in [1.29, 1.82) is 0 Å². The summed E-state index contributed by atoms with van der Waals surface area (Å²) in [5, 5.41) is 4.82. The Morgan fingerprint density at radius 1 is 0.545 bits per heavy atom. The summed E-state index contributed by atoms with van der Waals surface area (Å²) in [4.78, 5) is 95.4. The van der Waals surface area contributed by atoms with Gasteiger partial charge in [-0.05, 0) is 100 Å². The molecule has 4 atom stereocenters. The molecule has 14 rings (SSSR count). The fourth-order valence-electron chi connectivity index (χ4n) is 13.1. The van der Waals surface area contributed by atoms with Gasteiger partial charge in [-0.1, -0.05) is 72.8 Å². The van der Waals surface area contributed by atoms with Crippen molar-refractivity contribution < 1.29 is 28.8 Å². The first kappa shape index (κ1) is 46.9. The van der Waals surface area contributed by atoms with Gasteiger partial charge in [0.05, 0.1) is 0 Å². The highest BCUT2D eigenvalue weighted by Gasteiger charge is 2.42. The summed E-state index contributed by atoms with van der Waals surface area (Å²) in [5.74, 6) is -1.29. The van der Waals surface area contributed by atoms with Crippen LogP contribution < -0.4 is 10.6 Å². The number of imidazole rings is 2. The molecule has 4 aromatic carbocycles. The molecule has 0 radical (unpaired) electrons. The van der Waals surface area contributed by atoms with Crippen LogP contribution in [0.3, 0.4) is 0 Å². The first-order chi connectivity index (χ1) is 37.6. The molecule has 384 valence electrons. The minimum absolute atomic E-state index is 0.0955. The summed E-state index contributed by atoms with van der Waals surface area (Å²) >= 11 is 0. The maximum atomic E-state index is 13.8. The van der Waals surface area contributed by atoms with Gasteiger partial charge < -0.3 is 18.6 Å². The lowest BCUT2D eigenvalue weighted by Gasteiger charge is -2.39. The number of nitrogens with zero attached hydrogens (tertiary/aromatic N) is 8. The van der Waals surface area contributed by atoms with Crippen LogP contribution in [0.25, 0.3) is 33.5 Å². The molecular formula is C61H54N10O6. The van der Waals surface area contributed by atoms with Gasteiger partial charge in [0.25, 0.3) is 11.8 Å². The van der Waals surface area contributed by atoms with Crippen LogP contribution >= 0.6 is 0 Å². The average Bonchev–Trinajstić information content (AvgIpc) is 4.39. The molecule has 4 aromatic heterocycles. The van der Waals surface area contributed by atoms with Crippen LogP contribution in [-0.2, 0) is 45.4 Å². The largest absolute Gasteiger partial charge is 0.322 e. The maximum Gasteiger partial charge on any atom is 0.255 e. The molecule has 6 aliphatic rings. The first-order valence-corrected chi connectivity index (χ1v) is 26.6. The summed E-state index contributed by atoms with van der Waals surface area (Å²) < 4.78 is 4.37. The summed E-state index contributed by atoms with van der Waals surface area (Å²) in [6.07, 6.45) is 12.1. The zero-order valence-corrected chi connectivity index (χ0v) is 42.2. The number of fused-ring (bicyclic) bond motifs is 4. The normalized spacial score (nSPS) is 22.0. The highest BCUT2D eigenvalue weighted by atomic mass is 16.2. The van der Waals surface area contributed by atoms with Crippen molar-refractivity contribution in [1.82, 2.24) is 49.0 Å². The lowest BCUT2D eigenvalue weighted by Crippen LogP contribution is -2.52. The average molecular weight is 1020 g/mol. The van der Waals surface area contributed by atoms with Crippen molar-refractivity contribution in [2.75, 3.05) is 19.6 Å². The van der Waals surface area contributed by atoms with Crippen molar-refractivity contribution in [2.24, 2.45) is 0 Å². The lowest BCUT2D eigenvalue weighted by atomic mass is 9.91. The number of piperidine rings is 2. The zero-order chi connectivity index (χ0) is 52.1. The van der Waals surface area contributed by atoms with E-state index >= 15 is 0 Å². The number of aromatic nitrogens is 4. The molecule has 0 bridgehead atoms. The molecular weight excluding hydrogens is 969 g/mol. The van der Waals surface area contributed by atoms with E-state index in [9.17, 15) is 28.8 Å². The maximum absolute atomic E-state index is 13.8. The standard InChI is InChI=1S/C61H54N10O6/c72-54-17-15-50(58(74)64-54)70-34-42-23-40(11-13-46(42)60(70)76)48-22-37(28-67-20-19-62-56(48)67)29-68-33-44(25-52(68)39-9-5-2-6-10-39)53-26-63-57-49(21-36(30-69(53)57)27-66-31-45(32-66)38-7-3-1-4-8-38)41-12-14-47-43(24-41)35-71(61(47)77)51-16-18-55(73)65-59(51)75/h1-14,19-24,26,28,30,44-45,50-52H,15-18,25,27,29,31-35H2,(H,64,72,74)(H,65,73,75). The second-order valence-electron chi connectivity index (χ2n) is 21.7. The Labute approximate surface area is 443 Å². The minimum atomic E-state index is -0.696. The molecule has 10 heterocycles. The third kappa shape index (κ3) is 8.30. The number of carbonyl (C=O) groups is 6. The molecule has 6 aliphatic heterocycles. The van der Waals surface area contributed by atoms with E-state index in [-0.39, 0.29) is 61.5 Å². The quantitative estimate of drug-likeness (QED) is 0.127. The van der Waals surface area contributed by atoms with E-state index in [2.05, 4.69) is 120 Å². The Bertz CT molecular complexity index is 3770. The number of carbonyl (C=O) groups excluding carboxylic acids is 6. The van der Waals surface area contributed by atoms with E-state index in [0.29, 0.717) is 36.4 Å². The van der Waals surface area contributed by atoms with Gasteiger partial charge in [-0.25, -0.2) is 9.97 Å². The van der Waals surface area contributed by atoms with Crippen LogP contribution in [0.15, 0.2) is 140 Å². The number of pyridine rings is 2. The van der Waals surface area contributed by atoms with Gasteiger partial charge in [0.15, 0.2) is 0 Å². The first-order valence-electron chi connectivity index (χ1n) is 26.6. The highest BCUT2D eigenvalue weighted by Crippen LogP contribution is 2.44. The molecule has 4 unspecified atom stereocenters. The Morgan fingerprint density at radius 3 is 1.74 bits per heavy atom. The van der Waals surface area contributed by atoms with Crippen molar-refractivity contribution >= 4 is 46.7 Å². The Hall–Kier alpha value is -8.60. The molecule has 0 saturated carbocycles. The topological polar surface area (TPSA) is 174 Å². The minimum Gasteiger partial charge on any atom is -0.322 e. The molecule has 77 heavy (non-hydrogen) atoms. The number of nitrogens with one attached hydrogen (secondary N) is 2. The molecule has 4 fully saturated rings. The number of imide groups is 2. The third-order valence-corrected chi connectivity index (χ3v) is 16.9. The van der Waals surface area contributed by atoms with Crippen LogP contribution in [0.4, 0.5) is 0 Å². The summed E-state index contributed by atoms with van der Waals surface area (Å²) in [6, 6.07) is 36.4. The van der Waals surface area contributed by atoms with E-state index in [1.165, 1.54) is 11.1 Å². The molecule has 6 amide bonds. The predicted molar refractivity (Wildman–Crippen MR) is 285 cm³/mol. The van der Waals surface area contributed by atoms with Gasteiger partial charge in [0.1, 0.15) is 23.4 Å². The van der Waals surface area contributed by atoms with E-state index in [4.69, 9.17) is 9.97 Å². The Kier molecular flexibility index (Phi) is 11.3. The van der Waals surface area contributed by atoms with Gasteiger partial charge in [0, 0.05) is 135 Å². The predicted octanol–water partition coefficient (Wildman–Crippen LogP) is 7.17. The van der Waals surface area contributed by atoms with Crippen LogP contribution in [0.1, 0.15) is 110 Å². The summed E-state index contributed by atoms with van der Waals surface area (Å²) in [5.41, 5.74) is 14.2. The third-order valence-electron chi connectivity index (χ3n) is 16.9. The van der Waals surface area contributed by atoms with Crippen molar-refractivity contribution in [3.63, 3.8) is 0 Å². The molecule has 4 saturated heterocycles. The van der Waals surface area contributed by atoms with Crippen molar-refractivity contribution in [2.45, 2.75) is 88.2 Å². The van der Waals surface area contributed by atoms with Gasteiger partial charge in [-0.2, -0.15) is 0 Å². The highest BCUT2D eigenvalue weighted by molar-refractivity contribution is 6.07. The SMILES string of the molecule is O=C1CCC(N2Cc3cc(-c4cc(CN5CC(c6cnc7c(-c8ccc9c(c8)CN(C8CCC(=O)NC8=O)C9=O)cc(CN8CC(c9ccccc9)C8)cn67)CC5c5ccccc5)cn5ccnc45)ccc3C2=O)C(=O)N1. The van der Waals surface area contributed by atoms with Crippen molar-refractivity contribution in [3.8, 4) is 22.3 Å². The molecule has 2 N–H and O–H groups in total. The van der Waals surface area contributed by atoms with Crippen LogP contribution in [0.2, 0.25) is 0 Å². The smallest absolute Gasteiger partial charge is 0.255 e. The molecule has 16 heteroatoms. The number of likely N-dealkylation sites (tertiary alicyclic amines) is 2. The summed E-state index contributed by atoms with van der Waals surface area (Å²) in [6.45, 7) is 4.67. The van der Waals surface area contributed by atoms with E-state index in [0.717, 1.165) is 94.1 Å². The monoisotopic (exact) mass is 1020 g/mol. The number of hydrogen-bond donors (Lipinski definition) is 2. The van der Waals surface area contributed by atoms with Crippen LogP contribution in [-0.4, -0.2) is 106 Å². The fraction of sp³-hybridized carbons (Fsp3) is 0.279. The number of hydrogen-bond acceptors (Lipinski definition) is 10. The number of amides is 6. The van der Waals surface area contributed by atoms with Crippen molar-refractivity contribution in [3.05, 3.63) is 190 Å². The van der Waals surface area contributed by atoms with E-state index in [1.54, 1.807) is 16.0 Å². The fourth-order valence-corrected chi connectivity index (χ4v) is 13.1. The van der Waals surface area contributed by atoms with Crippen LogP contribution in [0, 0.1) is 0 Å². The zero-order valence-electron chi connectivity index (χ0n) is 42.2. The molecule has 0 spiro atoms. The Morgan fingerprint density at radius 2 is 1.13 bits per heavy atom. The van der Waals surface area contributed by atoms with Crippen LogP contribution in [0.5, 0.6) is 0 Å².